The number of ketones is 1. The average molecular weight is 709 g/mol. The molecule has 3 heterocycles. The van der Waals surface area contributed by atoms with E-state index in [1.165, 1.54) is 5.57 Å². The van der Waals surface area contributed by atoms with Crippen LogP contribution in [0, 0.1) is 62.6 Å². The number of rotatable bonds is 5. The Kier molecular flexibility index (Phi) is 7.50. The minimum absolute atomic E-state index is 0.0234. The molecule has 0 aromatic carbocycles. The Morgan fingerprint density at radius 3 is 2.41 bits per heavy atom. The van der Waals surface area contributed by atoms with E-state index in [2.05, 4.69) is 26.2 Å². The number of hydrogen-bond acceptors (Lipinski definition) is 10. The maximum atomic E-state index is 14.3. The molecule has 3 saturated heterocycles. The number of allylic oxidation sites excluding steroid dienone is 1. The van der Waals surface area contributed by atoms with E-state index in [-0.39, 0.29) is 42.0 Å². The Labute approximate surface area is 300 Å². The molecule has 10 rings (SSSR count). The van der Waals surface area contributed by atoms with Gasteiger partial charge >= 0.3 is 0 Å². The van der Waals surface area contributed by atoms with Gasteiger partial charge in [-0.2, -0.15) is 0 Å². The van der Waals surface area contributed by atoms with Gasteiger partial charge in [0.15, 0.2) is 12.1 Å². The monoisotopic (exact) mass is 708 g/mol. The second kappa shape index (κ2) is 10.9. The maximum absolute atomic E-state index is 14.3. The van der Waals surface area contributed by atoms with Crippen molar-refractivity contribution in [3.8, 4) is 0 Å². The van der Waals surface area contributed by atoms with Gasteiger partial charge in [0.1, 0.15) is 17.8 Å². The van der Waals surface area contributed by atoms with Crippen molar-refractivity contribution >= 4 is 12.1 Å². The number of aliphatic hydroxyl groups is 5. The summed E-state index contributed by atoms with van der Waals surface area (Å²) in [5.41, 5.74) is -2.42. The number of aldehydes is 1. The van der Waals surface area contributed by atoms with E-state index in [4.69, 9.17) is 14.2 Å². The van der Waals surface area contributed by atoms with E-state index >= 15 is 0 Å². The largest absolute Gasteiger partial charge is 0.392 e. The highest BCUT2D eigenvalue weighted by atomic mass is 16.8. The smallest absolute Gasteiger partial charge is 0.211 e. The van der Waals surface area contributed by atoms with Crippen LogP contribution in [0.4, 0.5) is 0 Å². The van der Waals surface area contributed by atoms with E-state index in [0.717, 1.165) is 31.1 Å². The average Bonchev–Trinajstić information content (AvgIpc) is 3.51. The van der Waals surface area contributed by atoms with Crippen LogP contribution < -0.4 is 0 Å². The normalized spacial score (nSPS) is 56.4. The van der Waals surface area contributed by atoms with Gasteiger partial charge in [0.25, 0.3) is 0 Å². The van der Waals surface area contributed by atoms with Gasteiger partial charge in [-0.1, -0.05) is 40.0 Å². The Hall–Kier alpha value is -1.76. The van der Waals surface area contributed by atoms with Crippen molar-refractivity contribution in [2.45, 2.75) is 128 Å². The third-order valence-corrected chi connectivity index (χ3v) is 17.2. The zero-order valence-electron chi connectivity index (χ0n) is 30.3. The van der Waals surface area contributed by atoms with Gasteiger partial charge in [-0.3, -0.25) is 4.79 Å². The van der Waals surface area contributed by atoms with Crippen LogP contribution in [0.15, 0.2) is 36.0 Å². The number of carbonyl (C=O) groups excluding carboxylic acids is 2. The summed E-state index contributed by atoms with van der Waals surface area (Å²) >= 11 is 0. The second-order valence-corrected chi connectivity index (χ2v) is 19.1. The molecular formula is C41H56O10. The van der Waals surface area contributed by atoms with Crippen LogP contribution in [0.1, 0.15) is 85.0 Å². The van der Waals surface area contributed by atoms with Gasteiger partial charge in [-0.05, 0) is 103 Å². The Balaban J connectivity index is 1.13. The van der Waals surface area contributed by atoms with Crippen LogP contribution in [0.5, 0.6) is 0 Å². The molecule has 7 aliphatic carbocycles. The van der Waals surface area contributed by atoms with E-state index in [9.17, 15) is 35.1 Å². The molecule has 10 aliphatic rings. The second-order valence-electron chi connectivity index (χ2n) is 19.1. The van der Waals surface area contributed by atoms with Crippen molar-refractivity contribution in [2.24, 2.45) is 62.6 Å². The lowest BCUT2D eigenvalue weighted by Gasteiger charge is -2.76. The molecule has 4 bridgehead atoms. The molecule has 3 aliphatic heterocycles. The zero-order chi connectivity index (χ0) is 36.3. The first-order valence-electron chi connectivity index (χ1n) is 19.5. The van der Waals surface area contributed by atoms with E-state index < -0.39 is 81.7 Å². The highest BCUT2D eigenvalue weighted by Crippen LogP contribution is 2.78. The van der Waals surface area contributed by atoms with Crippen molar-refractivity contribution in [3.05, 3.63) is 36.0 Å². The summed E-state index contributed by atoms with van der Waals surface area (Å²) in [5.74, 6) is -4.68. The van der Waals surface area contributed by atoms with Crippen LogP contribution in [-0.4, -0.2) is 93.4 Å². The van der Waals surface area contributed by atoms with Gasteiger partial charge in [-0.25, -0.2) is 0 Å². The molecule has 0 aromatic heterocycles. The van der Waals surface area contributed by atoms with Crippen LogP contribution in [0.3, 0.4) is 0 Å². The highest BCUT2D eigenvalue weighted by Gasteiger charge is 2.89. The Morgan fingerprint density at radius 1 is 0.941 bits per heavy atom. The number of Topliss-reactive ketones (excluding diaryl/α,β-unsaturated/α-hetero) is 1. The lowest BCUT2D eigenvalue weighted by Crippen LogP contribution is -2.88. The third kappa shape index (κ3) is 3.82. The summed E-state index contributed by atoms with van der Waals surface area (Å²) in [5, 5.41) is 61.2. The fourth-order valence-electron chi connectivity index (χ4n) is 15.0. The minimum atomic E-state index is -2.51. The fraction of sp³-hybridized carbons (Fsp3) is 0.805. The van der Waals surface area contributed by atoms with Crippen molar-refractivity contribution in [2.75, 3.05) is 13.2 Å². The predicted octanol–water partition coefficient (Wildman–Crippen LogP) is 3.38. The molecule has 280 valence electrons. The van der Waals surface area contributed by atoms with Gasteiger partial charge < -0.3 is 44.5 Å². The van der Waals surface area contributed by atoms with Crippen molar-refractivity contribution < 1.29 is 49.3 Å². The lowest BCUT2D eigenvalue weighted by atomic mass is 9.35. The van der Waals surface area contributed by atoms with Crippen molar-refractivity contribution in [3.63, 3.8) is 0 Å². The molecule has 51 heavy (non-hydrogen) atoms. The first-order chi connectivity index (χ1) is 24.1. The van der Waals surface area contributed by atoms with Crippen LogP contribution in [0.25, 0.3) is 0 Å². The molecule has 17 atom stereocenters. The summed E-state index contributed by atoms with van der Waals surface area (Å²) in [6.45, 7) is 15.1. The number of aliphatic hydroxyl groups excluding tert-OH is 4. The summed E-state index contributed by atoms with van der Waals surface area (Å²) in [6, 6.07) is 0. The van der Waals surface area contributed by atoms with Gasteiger partial charge in [-0.15, -0.1) is 0 Å². The van der Waals surface area contributed by atoms with Crippen molar-refractivity contribution in [1.82, 2.24) is 0 Å². The molecule has 6 saturated carbocycles. The van der Waals surface area contributed by atoms with Crippen LogP contribution in [-0.2, 0) is 23.8 Å². The highest BCUT2D eigenvalue weighted by molar-refractivity contribution is 6.05. The SMILES string of the molecule is C=C1C(=O)[C@]23[C@H](O)[C@H]1CC[C@H]2[C@@]12[C@@H](OC[C@]4(CC=O)[C@H](O)CC[C@@]5(C)[C@@H]6CC[C@H]7C(=C)CO[C@H]7C6=CC[C@@H]54)O[C@]3(O)[C@@H](O)[C@@H]1C(C)(C)CC[C@@H]2O. The van der Waals surface area contributed by atoms with Gasteiger partial charge in [0, 0.05) is 29.6 Å². The summed E-state index contributed by atoms with van der Waals surface area (Å²) < 4.78 is 19.8. The number of ether oxygens (including phenoxy) is 3. The number of fused-ring (bicyclic) bond motifs is 7. The molecule has 10 heteroatoms. The maximum Gasteiger partial charge on any atom is 0.211 e. The zero-order valence-corrected chi connectivity index (χ0v) is 30.3. The molecule has 0 amide bonds. The lowest BCUT2D eigenvalue weighted by molar-refractivity contribution is -0.513. The number of carbonyl (C=O) groups is 2. The number of hydrogen-bond donors (Lipinski definition) is 5. The first-order valence-corrected chi connectivity index (χ1v) is 19.5. The quantitative estimate of drug-likeness (QED) is 0.163. The van der Waals surface area contributed by atoms with E-state index in [1.54, 1.807) is 0 Å². The molecule has 5 N–H and O–H groups in total. The third-order valence-electron chi connectivity index (χ3n) is 17.2. The van der Waals surface area contributed by atoms with Crippen LogP contribution in [0.2, 0.25) is 0 Å². The first kappa shape index (κ1) is 35.0. The molecule has 9 fully saturated rings. The van der Waals surface area contributed by atoms with Crippen LogP contribution >= 0.6 is 0 Å². The summed E-state index contributed by atoms with van der Waals surface area (Å²) in [4.78, 5) is 26.9. The Morgan fingerprint density at radius 2 is 1.67 bits per heavy atom. The summed E-state index contributed by atoms with van der Waals surface area (Å²) in [7, 11) is 0. The van der Waals surface area contributed by atoms with E-state index in [0.29, 0.717) is 51.0 Å². The summed E-state index contributed by atoms with van der Waals surface area (Å²) in [6.07, 6.45) is 2.75. The molecule has 0 radical (unpaired) electrons. The Bertz CT molecular complexity index is 1600. The van der Waals surface area contributed by atoms with E-state index in [1.807, 2.05) is 13.8 Å². The van der Waals surface area contributed by atoms with Gasteiger partial charge in [0.2, 0.25) is 5.79 Å². The molecular weight excluding hydrogens is 652 g/mol. The molecule has 0 aromatic rings. The molecule has 10 nitrogen and oxygen atoms in total. The van der Waals surface area contributed by atoms with Crippen molar-refractivity contribution in [1.29, 1.82) is 0 Å². The van der Waals surface area contributed by atoms with Gasteiger partial charge in [0.05, 0.1) is 43.0 Å². The molecule has 0 unspecified atom stereocenters. The minimum Gasteiger partial charge on any atom is -0.392 e. The topological polar surface area (TPSA) is 163 Å². The molecule has 2 spiro atoms. The standard InChI is InChI=1S/C41H56O10/c1-20-18-49-30-22(20)6-9-25-24(30)8-10-26-37(25,5)15-13-28(43)38(26,16-17-42)19-50-35-39-27-11-7-23-21(2)32(45)40(27,33(23)46)41(48,51-35)34(47)31(39)36(3,4)14-12-29(39)44/h8,17,22-23,25-31,33-35,43-44,46-48H,1-2,6-7,9-16,18-19H2,3-5H3/t22-,23-,25+,26-,27-,28+,29-,30+,31+,33+,34-,35-,37-,38-,39-,40-,41+/m0/s1. The predicted molar refractivity (Wildman–Crippen MR) is 183 cm³/mol. The fourth-order valence-corrected chi connectivity index (χ4v) is 15.0.